The van der Waals surface area contributed by atoms with E-state index in [-0.39, 0.29) is 42.8 Å². The van der Waals surface area contributed by atoms with Gasteiger partial charge in [0, 0.05) is 26.3 Å². The van der Waals surface area contributed by atoms with E-state index in [1.807, 2.05) is 13.8 Å². The Morgan fingerprint density at radius 3 is 1.47 bits per heavy atom. The van der Waals surface area contributed by atoms with E-state index in [9.17, 15) is 24.3 Å². The molecule has 5 unspecified atom stereocenters. The third-order valence-electron chi connectivity index (χ3n) is 11.9. The Bertz CT molecular complexity index is 1530. The number of carbonyl (C=O) groups is 4. The van der Waals surface area contributed by atoms with Crippen molar-refractivity contribution in [1.82, 2.24) is 16.0 Å². The summed E-state index contributed by atoms with van der Waals surface area (Å²) in [5, 5.41) is 20.8. The fourth-order valence-corrected chi connectivity index (χ4v) is 8.48. The number of nitrogens with one attached hydrogen (secondary N) is 3. The molecule has 0 aliphatic rings. The predicted octanol–water partition coefficient (Wildman–Crippen LogP) is 9.79. The molecule has 0 bridgehead atoms. The molecule has 5 atom stereocenters. The minimum atomic E-state index is -1.11. The van der Waals surface area contributed by atoms with Crippen molar-refractivity contribution in [3.05, 3.63) is 70.8 Å². The van der Waals surface area contributed by atoms with Gasteiger partial charge in [0.05, 0.1) is 30.1 Å². The molecular formula is C50H82N4O6. The second-order valence-electron chi connectivity index (χ2n) is 17.5. The third kappa shape index (κ3) is 20.2. The molecule has 0 heterocycles. The van der Waals surface area contributed by atoms with Crippen LogP contribution in [0.4, 0.5) is 0 Å². The number of ether oxygens (including phenoxy) is 1. The molecular weight excluding hydrogens is 753 g/mol. The molecule has 2 aromatic rings. The van der Waals surface area contributed by atoms with Crippen molar-refractivity contribution < 1.29 is 29.0 Å². The lowest BCUT2D eigenvalue weighted by Gasteiger charge is -2.36. The zero-order chi connectivity index (χ0) is 44.4. The summed E-state index contributed by atoms with van der Waals surface area (Å²) in [5.74, 6) is -0.827. The summed E-state index contributed by atoms with van der Waals surface area (Å²) < 4.78 is 5.88. The van der Waals surface area contributed by atoms with Gasteiger partial charge >= 0.3 is 5.97 Å². The highest BCUT2D eigenvalue weighted by Crippen LogP contribution is 2.28. The maximum Gasteiger partial charge on any atom is 0.308 e. The normalized spacial score (nSPS) is 14.9. The minimum absolute atomic E-state index is 0.0113. The number of benzene rings is 2. The van der Waals surface area contributed by atoms with Crippen molar-refractivity contribution in [2.75, 3.05) is 6.61 Å². The number of carbonyl (C=O) groups excluding carboxylic acids is 4. The van der Waals surface area contributed by atoms with E-state index < -0.39 is 23.2 Å². The molecule has 0 fully saturated rings. The van der Waals surface area contributed by atoms with Crippen LogP contribution in [0.3, 0.4) is 0 Å². The predicted molar refractivity (Wildman–Crippen MR) is 244 cm³/mol. The monoisotopic (exact) mass is 835 g/mol. The average Bonchev–Trinajstić information content (AvgIpc) is 3.20. The quantitative estimate of drug-likeness (QED) is 0.0362. The zero-order valence-electron chi connectivity index (χ0n) is 38.5. The van der Waals surface area contributed by atoms with Gasteiger partial charge in [0.15, 0.2) is 0 Å². The number of esters is 1. The number of amides is 3. The highest BCUT2D eigenvalue weighted by atomic mass is 16.5. The number of nitrogens with two attached hydrogens (primary N) is 1. The fourth-order valence-electron chi connectivity index (χ4n) is 8.48. The molecule has 0 saturated heterocycles. The van der Waals surface area contributed by atoms with Crippen LogP contribution in [0.1, 0.15) is 205 Å². The molecule has 0 aliphatic carbocycles. The summed E-state index contributed by atoms with van der Waals surface area (Å²) in [4.78, 5) is 49.9. The smallest absolute Gasteiger partial charge is 0.308 e. The van der Waals surface area contributed by atoms with Gasteiger partial charge in [-0.05, 0) is 73.6 Å². The summed E-state index contributed by atoms with van der Waals surface area (Å²) in [6.45, 7) is 13.1. The molecule has 60 heavy (non-hydrogen) atoms. The van der Waals surface area contributed by atoms with Crippen molar-refractivity contribution in [3.63, 3.8) is 0 Å². The molecule has 338 valence electrons. The first-order chi connectivity index (χ1) is 28.7. The van der Waals surface area contributed by atoms with E-state index in [4.69, 9.17) is 10.5 Å². The van der Waals surface area contributed by atoms with E-state index in [0.717, 1.165) is 73.6 Å². The summed E-state index contributed by atoms with van der Waals surface area (Å²) >= 11 is 0. The van der Waals surface area contributed by atoms with Gasteiger partial charge in [-0.25, -0.2) is 0 Å². The first-order valence-corrected chi connectivity index (χ1v) is 23.3. The lowest BCUT2D eigenvalue weighted by Crippen LogP contribution is -2.53. The van der Waals surface area contributed by atoms with Gasteiger partial charge in [-0.15, -0.1) is 0 Å². The molecule has 0 spiro atoms. The molecule has 2 rings (SSSR count). The average molecular weight is 835 g/mol. The van der Waals surface area contributed by atoms with Crippen molar-refractivity contribution in [2.45, 2.75) is 213 Å². The first kappa shape index (κ1) is 52.4. The highest BCUT2D eigenvalue weighted by Gasteiger charge is 2.36. The zero-order valence-corrected chi connectivity index (χ0v) is 38.5. The Labute approximate surface area is 363 Å². The number of aryl methyl sites for hydroxylation is 2. The number of unbranched alkanes of at least 4 members (excludes halogenated alkanes) is 8. The van der Waals surface area contributed by atoms with Gasteiger partial charge < -0.3 is 31.5 Å². The Balaban J connectivity index is 2.07. The van der Waals surface area contributed by atoms with Gasteiger partial charge in [0.2, 0.25) is 17.7 Å². The van der Waals surface area contributed by atoms with Crippen LogP contribution in [-0.2, 0) is 36.8 Å². The summed E-state index contributed by atoms with van der Waals surface area (Å²) in [5.41, 5.74) is 9.42. The molecule has 10 heteroatoms. The molecule has 0 saturated carbocycles. The van der Waals surface area contributed by atoms with Gasteiger partial charge in [-0.1, -0.05) is 153 Å². The number of hydrogen-bond acceptors (Lipinski definition) is 7. The van der Waals surface area contributed by atoms with E-state index in [1.54, 1.807) is 13.8 Å². The molecule has 10 nitrogen and oxygen atoms in total. The third-order valence-corrected chi connectivity index (χ3v) is 11.9. The summed E-state index contributed by atoms with van der Waals surface area (Å²) in [7, 11) is 0. The molecule has 6 N–H and O–H groups in total. The number of hydrogen-bond donors (Lipinski definition) is 5. The van der Waals surface area contributed by atoms with Crippen LogP contribution in [0.15, 0.2) is 48.5 Å². The van der Waals surface area contributed by atoms with Crippen molar-refractivity contribution in [1.29, 1.82) is 0 Å². The number of aliphatic hydroxyl groups excluding tert-OH is 1. The van der Waals surface area contributed by atoms with Crippen molar-refractivity contribution in [3.8, 4) is 0 Å². The first-order valence-electron chi connectivity index (χ1n) is 23.3. The standard InChI is InChI=1S/C50H82N4O6/c1-8-12-14-16-18-20-45(52-38(5)55)43-26-22-41(23-27-43)30-34-49(32-10-3,54-40(7)57)37-60-48(59)36-47(58)50(51,33-11-4)35-31-42-24-28-44(29-25-42)46(53-39(6)56)21-19-17-15-13-9-2/h22-29,45-47,58H,8-21,30-37,51H2,1-7H3,(H,52,55)(H,53,56)(H,54,57). The topological polar surface area (TPSA) is 160 Å². The lowest BCUT2D eigenvalue weighted by molar-refractivity contribution is -0.150. The van der Waals surface area contributed by atoms with E-state index in [2.05, 4.69) is 78.3 Å². The lowest BCUT2D eigenvalue weighted by atomic mass is 9.81. The largest absolute Gasteiger partial charge is 0.463 e. The van der Waals surface area contributed by atoms with Gasteiger partial charge in [-0.3, -0.25) is 19.2 Å². The molecule has 0 aromatic heterocycles. The van der Waals surface area contributed by atoms with Crippen LogP contribution < -0.4 is 21.7 Å². The van der Waals surface area contributed by atoms with Gasteiger partial charge in [0.1, 0.15) is 6.61 Å². The van der Waals surface area contributed by atoms with Crippen LogP contribution in [0, 0.1) is 0 Å². The highest BCUT2D eigenvalue weighted by molar-refractivity contribution is 5.74. The maximum absolute atomic E-state index is 13.4. The molecule has 3 amide bonds. The van der Waals surface area contributed by atoms with E-state index >= 15 is 0 Å². The Morgan fingerprint density at radius 2 is 1.05 bits per heavy atom. The number of aliphatic hydroxyl groups is 1. The van der Waals surface area contributed by atoms with Crippen LogP contribution >= 0.6 is 0 Å². The SMILES string of the molecule is CCCCCCCC(NC(C)=O)c1ccc(CCC(CCC)(COC(=O)CC(O)C(N)(CCC)CCc2ccc(C(CCCCCCC)NC(C)=O)cc2)NC(C)=O)cc1. The van der Waals surface area contributed by atoms with Gasteiger partial charge in [0.25, 0.3) is 0 Å². The molecule has 0 aliphatic heterocycles. The van der Waals surface area contributed by atoms with E-state index in [0.29, 0.717) is 38.5 Å². The second kappa shape index (κ2) is 28.7. The fraction of sp³-hybridized carbons (Fsp3) is 0.680. The van der Waals surface area contributed by atoms with Crippen LogP contribution in [0.25, 0.3) is 0 Å². The maximum atomic E-state index is 13.4. The Hall–Kier alpha value is -3.76. The van der Waals surface area contributed by atoms with Crippen molar-refractivity contribution >= 4 is 23.7 Å². The van der Waals surface area contributed by atoms with Gasteiger partial charge in [-0.2, -0.15) is 0 Å². The van der Waals surface area contributed by atoms with Crippen LogP contribution in [0.5, 0.6) is 0 Å². The molecule has 2 aromatic carbocycles. The van der Waals surface area contributed by atoms with E-state index in [1.165, 1.54) is 45.4 Å². The number of rotatable bonds is 32. The Morgan fingerprint density at radius 1 is 0.600 bits per heavy atom. The van der Waals surface area contributed by atoms with Crippen molar-refractivity contribution in [2.24, 2.45) is 5.73 Å². The summed E-state index contributed by atoms with van der Waals surface area (Å²) in [6.07, 6.45) is 17.1. The minimum Gasteiger partial charge on any atom is -0.463 e. The summed E-state index contributed by atoms with van der Waals surface area (Å²) in [6, 6.07) is 16.5. The Kier molecular flexibility index (Phi) is 25.1. The second-order valence-corrected chi connectivity index (χ2v) is 17.5. The molecule has 0 radical (unpaired) electrons. The van der Waals surface area contributed by atoms with Crippen LogP contribution in [-0.4, -0.2) is 52.6 Å². The van der Waals surface area contributed by atoms with Crippen LogP contribution in [0.2, 0.25) is 0 Å².